The third-order valence-corrected chi connectivity index (χ3v) is 5.81. The molecule has 0 saturated heterocycles. The molecule has 1 amide bonds. The summed E-state index contributed by atoms with van der Waals surface area (Å²) < 4.78 is 30.0. The number of ether oxygens (including phenoxy) is 3. The summed E-state index contributed by atoms with van der Waals surface area (Å²) in [6.45, 7) is 1.06. The minimum atomic E-state index is -0.403. The standard InChI is InChI=1S/C27H26FNO5/c1-32-23-5-3-4-19(15-23)20-14-21-17-29(12-13-34-27(21)25(16-20)33-2)26(31)11-10-24(30)18-6-8-22(28)9-7-18/h3-9,14-16H,10-13,17H2,1-2H3. The molecule has 0 aliphatic carbocycles. The maximum absolute atomic E-state index is 13.1. The van der Waals surface area contributed by atoms with Crippen molar-refractivity contribution in [1.29, 1.82) is 0 Å². The number of nitrogens with zero attached hydrogens (tertiary/aromatic N) is 1. The van der Waals surface area contributed by atoms with Crippen LogP contribution in [0, 0.1) is 5.82 Å². The van der Waals surface area contributed by atoms with Gasteiger partial charge in [0.05, 0.1) is 20.8 Å². The van der Waals surface area contributed by atoms with Gasteiger partial charge in [0.1, 0.15) is 18.2 Å². The number of methoxy groups -OCH3 is 2. The molecule has 0 saturated carbocycles. The van der Waals surface area contributed by atoms with E-state index in [9.17, 15) is 14.0 Å². The van der Waals surface area contributed by atoms with Gasteiger partial charge in [0.2, 0.25) is 5.91 Å². The van der Waals surface area contributed by atoms with Crippen LogP contribution in [-0.2, 0) is 11.3 Å². The lowest BCUT2D eigenvalue weighted by Crippen LogP contribution is -2.32. The lowest BCUT2D eigenvalue weighted by atomic mass is 10.0. The Kier molecular flexibility index (Phi) is 7.11. The van der Waals surface area contributed by atoms with Crippen LogP contribution >= 0.6 is 0 Å². The van der Waals surface area contributed by atoms with Crippen LogP contribution in [0.2, 0.25) is 0 Å². The number of halogens is 1. The first-order valence-electron chi connectivity index (χ1n) is 11.0. The van der Waals surface area contributed by atoms with E-state index in [0.717, 1.165) is 22.4 Å². The summed E-state index contributed by atoms with van der Waals surface area (Å²) in [4.78, 5) is 27.0. The van der Waals surface area contributed by atoms with Crippen molar-refractivity contribution in [2.24, 2.45) is 0 Å². The highest BCUT2D eigenvalue weighted by atomic mass is 19.1. The molecule has 0 bridgehead atoms. The summed E-state index contributed by atoms with van der Waals surface area (Å²) in [7, 11) is 3.21. The lowest BCUT2D eigenvalue weighted by molar-refractivity contribution is -0.131. The van der Waals surface area contributed by atoms with Gasteiger partial charge in [-0.25, -0.2) is 4.39 Å². The molecule has 0 N–H and O–H groups in total. The van der Waals surface area contributed by atoms with Crippen LogP contribution in [0.25, 0.3) is 11.1 Å². The van der Waals surface area contributed by atoms with E-state index in [1.165, 1.54) is 24.3 Å². The SMILES string of the molecule is COc1cccc(-c2cc3c(c(OC)c2)OCCN(C(=O)CCC(=O)c2ccc(F)cc2)C3)c1. The van der Waals surface area contributed by atoms with Crippen molar-refractivity contribution in [2.45, 2.75) is 19.4 Å². The fraction of sp³-hybridized carbons (Fsp3) is 0.259. The Morgan fingerprint density at radius 2 is 1.76 bits per heavy atom. The molecule has 7 heteroatoms. The topological polar surface area (TPSA) is 65.1 Å². The molecular formula is C27H26FNO5. The predicted molar refractivity (Wildman–Crippen MR) is 126 cm³/mol. The Hall–Kier alpha value is -3.87. The molecule has 0 fully saturated rings. The average molecular weight is 464 g/mol. The van der Waals surface area contributed by atoms with E-state index < -0.39 is 5.82 Å². The van der Waals surface area contributed by atoms with Crippen LogP contribution in [0.15, 0.2) is 60.7 Å². The molecule has 6 nitrogen and oxygen atoms in total. The summed E-state index contributed by atoms with van der Waals surface area (Å²) in [6, 6.07) is 17.0. The van der Waals surface area contributed by atoms with Crippen LogP contribution in [0.4, 0.5) is 4.39 Å². The Morgan fingerprint density at radius 1 is 0.971 bits per heavy atom. The highest BCUT2D eigenvalue weighted by molar-refractivity contribution is 5.97. The van der Waals surface area contributed by atoms with Crippen LogP contribution in [0.3, 0.4) is 0 Å². The van der Waals surface area contributed by atoms with E-state index in [4.69, 9.17) is 14.2 Å². The molecule has 1 aliphatic heterocycles. The third kappa shape index (κ3) is 5.20. The molecular weight excluding hydrogens is 437 g/mol. The van der Waals surface area contributed by atoms with E-state index in [-0.39, 0.29) is 24.5 Å². The number of Topliss-reactive ketones (excluding diaryl/α,β-unsaturated/α-hetero) is 1. The summed E-state index contributed by atoms with van der Waals surface area (Å²) in [5.74, 6) is 1.22. The second-order valence-electron chi connectivity index (χ2n) is 7.99. The molecule has 0 atom stereocenters. The maximum atomic E-state index is 13.1. The van der Waals surface area contributed by atoms with Gasteiger partial charge >= 0.3 is 0 Å². The van der Waals surface area contributed by atoms with E-state index in [0.29, 0.717) is 36.8 Å². The van der Waals surface area contributed by atoms with Gasteiger partial charge in [-0.1, -0.05) is 12.1 Å². The molecule has 4 rings (SSSR count). The van der Waals surface area contributed by atoms with Gasteiger partial charge in [0, 0.05) is 30.5 Å². The molecule has 1 aliphatic rings. The highest BCUT2D eigenvalue weighted by Gasteiger charge is 2.24. The smallest absolute Gasteiger partial charge is 0.223 e. The van der Waals surface area contributed by atoms with Crippen molar-refractivity contribution in [1.82, 2.24) is 4.90 Å². The highest BCUT2D eigenvalue weighted by Crippen LogP contribution is 2.39. The van der Waals surface area contributed by atoms with Crippen molar-refractivity contribution >= 4 is 11.7 Å². The number of rotatable bonds is 7. The lowest BCUT2D eigenvalue weighted by Gasteiger charge is -2.20. The number of amides is 1. The van der Waals surface area contributed by atoms with Gasteiger partial charge < -0.3 is 19.1 Å². The first kappa shape index (κ1) is 23.3. The van der Waals surface area contributed by atoms with Crippen LogP contribution in [0.1, 0.15) is 28.8 Å². The summed E-state index contributed by atoms with van der Waals surface area (Å²) in [5.41, 5.74) is 3.09. The van der Waals surface area contributed by atoms with E-state index >= 15 is 0 Å². The number of hydrogen-bond donors (Lipinski definition) is 0. The molecule has 3 aromatic carbocycles. The zero-order chi connectivity index (χ0) is 24.1. The van der Waals surface area contributed by atoms with Gasteiger partial charge in [-0.2, -0.15) is 0 Å². The van der Waals surface area contributed by atoms with Crippen LogP contribution in [0.5, 0.6) is 17.2 Å². The molecule has 0 spiro atoms. The van der Waals surface area contributed by atoms with Crippen LogP contribution in [-0.4, -0.2) is 44.0 Å². The minimum Gasteiger partial charge on any atom is -0.497 e. The third-order valence-electron chi connectivity index (χ3n) is 5.81. The molecule has 0 radical (unpaired) electrons. The summed E-state index contributed by atoms with van der Waals surface area (Å²) in [5, 5.41) is 0. The predicted octanol–water partition coefficient (Wildman–Crippen LogP) is 4.89. The first-order valence-corrected chi connectivity index (χ1v) is 11.0. The summed E-state index contributed by atoms with van der Waals surface area (Å²) in [6.07, 6.45) is 0.125. The number of carbonyl (C=O) groups excluding carboxylic acids is 2. The van der Waals surface area contributed by atoms with Crippen molar-refractivity contribution in [3.8, 4) is 28.4 Å². The Balaban J connectivity index is 1.52. The monoisotopic (exact) mass is 463 g/mol. The van der Waals surface area contributed by atoms with E-state index in [1.807, 2.05) is 36.4 Å². The first-order chi connectivity index (χ1) is 16.5. The van der Waals surface area contributed by atoms with E-state index in [1.54, 1.807) is 19.1 Å². The molecule has 1 heterocycles. The van der Waals surface area contributed by atoms with Gasteiger partial charge in [0.15, 0.2) is 17.3 Å². The molecule has 0 aromatic heterocycles. The quantitative estimate of drug-likeness (QED) is 0.467. The molecule has 176 valence electrons. The Bertz CT molecular complexity index is 1190. The minimum absolute atomic E-state index is 0.0574. The number of hydrogen-bond acceptors (Lipinski definition) is 5. The fourth-order valence-corrected chi connectivity index (χ4v) is 3.98. The zero-order valence-electron chi connectivity index (χ0n) is 19.2. The molecule has 3 aromatic rings. The largest absolute Gasteiger partial charge is 0.497 e. The second kappa shape index (κ2) is 10.4. The Labute approximate surface area is 197 Å². The fourth-order valence-electron chi connectivity index (χ4n) is 3.98. The number of fused-ring (bicyclic) bond motifs is 1. The number of ketones is 1. The van der Waals surface area contributed by atoms with Crippen molar-refractivity contribution in [2.75, 3.05) is 27.4 Å². The van der Waals surface area contributed by atoms with Crippen LogP contribution < -0.4 is 14.2 Å². The van der Waals surface area contributed by atoms with Gasteiger partial charge in [-0.05, 0) is 59.7 Å². The number of carbonyl (C=O) groups is 2. The molecule has 0 unspecified atom stereocenters. The van der Waals surface area contributed by atoms with E-state index in [2.05, 4.69) is 0 Å². The van der Waals surface area contributed by atoms with Crippen molar-refractivity contribution in [3.05, 3.63) is 77.6 Å². The second-order valence-corrected chi connectivity index (χ2v) is 7.99. The van der Waals surface area contributed by atoms with Crippen molar-refractivity contribution < 1.29 is 28.2 Å². The summed E-state index contributed by atoms with van der Waals surface area (Å²) >= 11 is 0. The maximum Gasteiger partial charge on any atom is 0.223 e. The van der Waals surface area contributed by atoms with Gasteiger partial charge in [-0.3, -0.25) is 9.59 Å². The van der Waals surface area contributed by atoms with Gasteiger partial charge in [-0.15, -0.1) is 0 Å². The average Bonchev–Trinajstić information content (AvgIpc) is 3.09. The molecule has 34 heavy (non-hydrogen) atoms. The van der Waals surface area contributed by atoms with Crippen molar-refractivity contribution in [3.63, 3.8) is 0 Å². The van der Waals surface area contributed by atoms with Gasteiger partial charge in [0.25, 0.3) is 0 Å². The Morgan fingerprint density at radius 3 is 2.50 bits per heavy atom. The normalized spacial score (nSPS) is 12.9. The number of benzene rings is 3. The zero-order valence-corrected chi connectivity index (χ0v) is 19.2.